The highest BCUT2D eigenvalue weighted by molar-refractivity contribution is 5.49. The van der Waals surface area contributed by atoms with E-state index in [2.05, 4.69) is 33.8 Å². The van der Waals surface area contributed by atoms with E-state index in [1.807, 2.05) is 0 Å². The van der Waals surface area contributed by atoms with Crippen molar-refractivity contribution in [3.8, 4) is 5.75 Å². The van der Waals surface area contributed by atoms with Gasteiger partial charge in [-0.05, 0) is 73.3 Å². The third-order valence-electron chi connectivity index (χ3n) is 4.60. The molecule has 0 atom stereocenters. The molecule has 1 rings (SSSR count). The Kier molecular flexibility index (Phi) is 9.27. The number of phenolic OH excluding ortho intramolecular Hbond substituents is 1. The maximum atomic E-state index is 10.6. The van der Waals surface area contributed by atoms with E-state index < -0.39 is 0 Å². The molecule has 0 aliphatic rings. The van der Waals surface area contributed by atoms with Crippen molar-refractivity contribution < 1.29 is 5.11 Å². The molecule has 0 bridgehead atoms. The molecule has 0 saturated carbocycles. The van der Waals surface area contributed by atoms with Gasteiger partial charge in [0, 0.05) is 0 Å². The van der Waals surface area contributed by atoms with Crippen LogP contribution in [0.1, 0.15) is 94.9 Å². The van der Waals surface area contributed by atoms with Gasteiger partial charge in [0.05, 0.1) is 0 Å². The van der Waals surface area contributed by atoms with Crippen LogP contribution in [-0.4, -0.2) is 5.11 Å². The molecule has 0 fully saturated rings. The van der Waals surface area contributed by atoms with E-state index in [0.717, 1.165) is 25.7 Å². The minimum Gasteiger partial charge on any atom is -0.508 e. The maximum Gasteiger partial charge on any atom is 0.119 e. The van der Waals surface area contributed by atoms with Gasteiger partial charge in [0.25, 0.3) is 0 Å². The summed E-state index contributed by atoms with van der Waals surface area (Å²) in [6.07, 6.45) is 12.9. The second kappa shape index (κ2) is 10.7. The molecule has 1 nitrogen and oxygen atoms in total. The number of unbranched alkanes of at least 4 members (excludes halogenated alkanes) is 3. The molecule has 0 aromatic heterocycles. The molecule has 0 saturated heterocycles. The predicted molar refractivity (Wildman–Crippen MR) is 97.9 cm³/mol. The van der Waals surface area contributed by atoms with Gasteiger partial charge in [-0.15, -0.1) is 0 Å². The van der Waals surface area contributed by atoms with Crippen LogP contribution in [0.15, 0.2) is 6.07 Å². The normalized spacial score (nSPS) is 11.1. The summed E-state index contributed by atoms with van der Waals surface area (Å²) in [7, 11) is 0. The lowest BCUT2D eigenvalue weighted by Gasteiger charge is -2.20. The third kappa shape index (κ3) is 5.34. The molecule has 0 amide bonds. The van der Waals surface area contributed by atoms with Crippen molar-refractivity contribution in [2.45, 2.75) is 98.3 Å². The number of hydrogen-bond donors (Lipinski definition) is 1. The van der Waals surface area contributed by atoms with E-state index in [-0.39, 0.29) is 0 Å². The van der Waals surface area contributed by atoms with Gasteiger partial charge in [-0.25, -0.2) is 0 Å². The number of phenols is 1. The Hall–Kier alpha value is -0.980. The van der Waals surface area contributed by atoms with E-state index in [1.165, 1.54) is 61.6 Å². The van der Waals surface area contributed by atoms with Crippen molar-refractivity contribution in [3.05, 3.63) is 28.3 Å². The van der Waals surface area contributed by atoms with E-state index in [1.54, 1.807) is 5.56 Å². The fourth-order valence-electron chi connectivity index (χ4n) is 3.31. The van der Waals surface area contributed by atoms with Crippen LogP contribution in [0.2, 0.25) is 0 Å². The van der Waals surface area contributed by atoms with Gasteiger partial charge in [0.1, 0.15) is 5.75 Å². The molecule has 1 N–H and O–H groups in total. The van der Waals surface area contributed by atoms with Gasteiger partial charge >= 0.3 is 0 Å². The molecule has 0 unspecified atom stereocenters. The molecule has 22 heavy (non-hydrogen) atoms. The summed E-state index contributed by atoms with van der Waals surface area (Å²) in [4.78, 5) is 0. The SMILES string of the molecule is CCCCc1cc(O)c(CCCC)c(CCCC)c1CCC. The average Bonchev–Trinajstić information content (AvgIpc) is 2.52. The highest BCUT2D eigenvalue weighted by Gasteiger charge is 2.16. The molecule has 0 aliphatic carbocycles. The number of aromatic hydroxyl groups is 1. The predicted octanol–water partition coefficient (Wildman–Crippen LogP) is 6.37. The Morgan fingerprint density at radius 1 is 0.636 bits per heavy atom. The molecule has 0 spiro atoms. The van der Waals surface area contributed by atoms with Gasteiger partial charge in [0.15, 0.2) is 0 Å². The summed E-state index contributed by atoms with van der Waals surface area (Å²) in [6, 6.07) is 2.08. The van der Waals surface area contributed by atoms with Crippen LogP contribution >= 0.6 is 0 Å². The van der Waals surface area contributed by atoms with Crippen molar-refractivity contribution in [1.82, 2.24) is 0 Å². The Labute approximate surface area is 138 Å². The van der Waals surface area contributed by atoms with Crippen LogP contribution in [0.25, 0.3) is 0 Å². The van der Waals surface area contributed by atoms with Crippen LogP contribution in [0, 0.1) is 0 Å². The van der Waals surface area contributed by atoms with Gasteiger partial charge in [-0.1, -0.05) is 53.4 Å². The Balaban J connectivity index is 3.26. The number of benzene rings is 1. The van der Waals surface area contributed by atoms with E-state index in [0.29, 0.717) is 5.75 Å². The fourth-order valence-corrected chi connectivity index (χ4v) is 3.31. The van der Waals surface area contributed by atoms with Crippen molar-refractivity contribution in [2.75, 3.05) is 0 Å². The zero-order valence-electron chi connectivity index (χ0n) is 15.3. The van der Waals surface area contributed by atoms with Crippen molar-refractivity contribution >= 4 is 0 Å². The molecule has 0 radical (unpaired) electrons. The summed E-state index contributed by atoms with van der Waals surface area (Å²) in [6.45, 7) is 9.00. The van der Waals surface area contributed by atoms with Crippen LogP contribution in [0.4, 0.5) is 0 Å². The first-order valence-corrected chi connectivity index (χ1v) is 9.54. The zero-order valence-corrected chi connectivity index (χ0v) is 15.3. The first kappa shape index (κ1) is 19.1. The average molecular weight is 305 g/mol. The first-order valence-electron chi connectivity index (χ1n) is 9.54. The third-order valence-corrected chi connectivity index (χ3v) is 4.60. The molecule has 1 aromatic carbocycles. The van der Waals surface area contributed by atoms with Crippen molar-refractivity contribution in [3.63, 3.8) is 0 Å². The van der Waals surface area contributed by atoms with Gasteiger partial charge in [0.2, 0.25) is 0 Å². The molecular formula is C21H36O. The van der Waals surface area contributed by atoms with Crippen molar-refractivity contribution in [1.29, 1.82) is 0 Å². The Morgan fingerprint density at radius 2 is 1.18 bits per heavy atom. The smallest absolute Gasteiger partial charge is 0.119 e. The summed E-state index contributed by atoms with van der Waals surface area (Å²) in [5.41, 5.74) is 5.71. The lowest BCUT2D eigenvalue weighted by molar-refractivity contribution is 0.463. The van der Waals surface area contributed by atoms with E-state index >= 15 is 0 Å². The van der Waals surface area contributed by atoms with Crippen LogP contribution in [-0.2, 0) is 25.7 Å². The lowest BCUT2D eigenvalue weighted by atomic mass is 9.86. The lowest BCUT2D eigenvalue weighted by Crippen LogP contribution is -2.06. The minimum absolute atomic E-state index is 0.561. The standard InChI is InChI=1S/C21H36O/c1-5-9-13-17-16-21(22)20(15-11-7-3)19(14-10-6-2)18(17)12-8-4/h16,22H,5-15H2,1-4H3. The highest BCUT2D eigenvalue weighted by atomic mass is 16.3. The van der Waals surface area contributed by atoms with Crippen LogP contribution < -0.4 is 0 Å². The summed E-state index contributed by atoms with van der Waals surface area (Å²) < 4.78 is 0. The fraction of sp³-hybridized carbons (Fsp3) is 0.714. The van der Waals surface area contributed by atoms with E-state index in [9.17, 15) is 5.11 Å². The molecule has 0 heterocycles. The van der Waals surface area contributed by atoms with Crippen LogP contribution in [0.5, 0.6) is 5.75 Å². The minimum atomic E-state index is 0.561. The van der Waals surface area contributed by atoms with Gasteiger partial charge in [-0.3, -0.25) is 0 Å². The zero-order chi connectivity index (χ0) is 16.4. The summed E-state index contributed by atoms with van der Waals surface area (Å²) >= 11 is 0. The monoisotopic (exact) mass is 304 g/mol. The summed E-state index contributed by atoms with van der Waals surface area (Å²) in [5.74, 6) is 0.561. The number of aryl methyl sites for hydroxylation is 1. The molecule has 1 aromatic rings. The topological polar surface area (TPSA) is 20.2 Å². The highest BCUT2D eigenvalue weighted by Crippen LogP contribution is 2.32. The summed E-state index contributed by atoms with van der Waals surface area (Å²) in [5, 5.41) is 10.6. The molecular weight excluding hydrogens is 268 g/mol. The first-order chi connectivity index (χ1) is 10.7. The van der Waals surface area contributed by atoms with Crippen LogP contribution in [0.3, 0.4) is 0 Å². The molecule has 1 heteroatoms. The Morgan fingerprint density at radius 3 is 1.73 bits per heavy atom. The quantitative estimate of drug-likeness (QED) is 0.503. The number of rotatable bonds is 11. The van der Waals surface area contributed by atoms with Gasteiger partial charge in [-0.2, -0.15) is 0 Å². The maximum absolute atomic E-state index is 10.6. The molecule has 0 aliphatic heterocycles. The largest absolute Gasteiger partial charge is 0.508 e. The second-order valence-electron chi connectivity index (χ2n) is 6.55. The second-order valence-corrected chi connectivity index (χ2v) is 6.55. The molecule has 126 valence electrons. The Bertz CT molecular complexity index is 434. The number of hydrogen-bond acceptors (Lipinski definition) is 1. The van der Waals surface area contributed by atoms with E-state index in [4.69, 9.17) is 0 Å². The van der Waals surface area contributed by atoms with Crippen molar-refractivity contribution in [2.24, 2.45) is 0 Å². The van der Waals surface area contributed by atoms with Gasteiger partial charge < -0.3 is 5.11 Å².